The number of aliphatic hydroxyl groups is 4. The Kier molecular flexibility index (Phi) is 19.3. The molecule has 274 valence electrons. The summed E-state index contributed by atoms with van der Waals surface area (Å²) in [5, 5.41) is 41.8. The lowest BCUT2D eigenvalue weighted by Crippen LogP contribution is -2.38. The van der Waals surface area contributed by atoms with Gasteiger partial charge in [0.25, 0.3) is 0 Å². The van der Waals surface area contributed by atoms with E-state index in [0.29, 0.717) is 18.0 Å². The second kappa shape index (κ2) is 22.8. The van der Waals surface area contributed by atoms with Crippen LogP contribution >= 0.6 is 0 Å². The molecule has 0 radical (unpaired) electrons. The summed E-state index contributed by atoms with van der Waals surface area (Å²) in [6.07, 6.45) is 27.9. The van der Waals surface area contributed by atoms with Gasteiger partial charge >= 0.3 is 5.97 Å². The number of oxazole rings is 1. The fraction of sp³-hybridized carbons (Fsp3) is 0.463. The highest BCUT2D eigenvalue weighted by atomic mass is 16.5. The molecular formula is C41H57NO8. The lowest BCUT2D eigenvalue weighted by atomic mass is 9.86. The highest BCUT2D eigenvalue weighted by Crippen LogP contribution is 2.26. The van der Waals surface area contributed by atoms with Gasteiger partial charge in [0.15, 0.2) is 5.89 Å². The first kappa shape index (κ1) is 42.3. The van der Waals surface area contributed by atoms with Gasteiger partial charge in [0.05, 0.1) is 36.4 Å². The normalized spacial score (nSPS) is 34.6. The van der Waals surface area contributed by atoms with Crippen LogP contribution in [0.1, 0.15) is 71.9 Å². The molecule has 0 saturated carbocycles. The first-order valence-electron chi connectivity index (χ1n) is 17.3. The average Bonchev–Trinajstić information content (AvgIpc) is 3.55. The van der Waals surface area contributed by atoms with Crippen molar-refractivity contribution >= 4 is 12.0 Å². The van der Waals surface area contributed by atoms with Crippen LogP contribution < -0.4 is 0 Å². The molecule has 9 heteroatoms. The van der Waals surface area contributed by atoms with Crippen LogP contribution in [0.4, 0.5) is 0 Å². The third-order valence-electron chi connectivity index (χ3n) is 8.50. The summed E-state index contributed by atoms with van der Waals surface area (Å²) in [5.74, 6) is -1.10. The predicted molar refractivity (Wildman–Crippen MR) is 199 cm³/mol. The van der Waals surface area contributed by atoms with E-state index >= 15 is 0 Å². The number of hydrogen-bond acceptors (Lipinski definition) is 9. The van der Waals surface area contributed by atoms with Crippen LogP contribution in [0, 0.1) is 17.8 Å². The molecule has 0 spiro atoms. The van der Waals surface area contributed by atoms with Crippen molar-refractivity contribution < 1.29 is 39.1 Å². The van der Waals surface area contributed by atoms with E-state index in [9.17, 15) is 25.2 Å². The molecule has 10 atom stereocenters. The molecule has 0 aliphatic carbocycles. The number of carbonyl (C=O) groups excluding carboxylic acids is 1. The minimum absolute atomic E-state index is 0.134. The first-order chi connectivity index (χ1) is 23.8. The minimum atomic E-state index is -0.873. The van der Waals surface area contributed by atoms with E-state index in [1.807, 2.05) is 58.1 Å². The summed E-state index contributed by atoms with van der Waals surface area (Å²) in [7, 11) is 1.59. The molecule has 2 rings (SSSR count). The molecule has 1 aliphatic heterocycles. The Bertz CT molecular complexity index is 1430. The smallest absolute Gasteiger partial charge is 0.331 e. The van der Waals surface area contributed by atoms with Crippen LogP contribution in [0.5, 0.6) is 0 Å². The van der Waals surface area contributed by atoms with Crippen molar-refractivity contribution in [2.45, 2.75) is 96.9 Å². The van der Waals surface area contributed by atoms with Crippen molar-refractivity contribution in [2.75, 3.05) is 7.11 Å². The number of esters is 1. The van der Waals surface area contributed by atoms with Crippen LogP contribution in [-0.2, 0) is 14.3 Å². The third-order valence-corrected chi connectivity index (χ3v) is 8.50. The fourth-order valence-electron chi connectivity index (χ4n) is 5.43. The monoisotopic (exact) mass is 691 g/mol. The maximum absolute atomic E-state index is 12.8. The summed E-state index contributed by atoms with van der Waals surface area (Å²) in [4.78, 5) is 17.3. The van der Waals surface area contributed by atoms with Gasteiger partial charge in [-0.2, -0.15) is 0 Å². The van der Waals surface area contributed by atoms with Gasteiger partial charge in [0.2, 0.25) is 0 Å². The molecule has 9 nitrogen and oxygen atoms in total. The van der Waals surface area contributed by atoms with Crippen molar-refractivity contribution in [3.63, 3.8) is 0 Å². The SMILES string of the molecule is COC1CC(O)\C=C/C=C\C=C/C(C)C(C(C)C(O)CC(C)O)OC(=O)\C=C/C=C\C=C/C(C)=C\C(C)C(O)/C=C\C=C/c2coc(n2)C1C. The van der Waals surface area contributed by atoms with Gasteiger partial charge in [-0.3, -0.25) is 0 Å². The maximum atomic E-state index is 12.8. The Morgan fingerprint density at radius 2 is 1.48 bits per heavy atom. The Morgan fingerprint density at radius 3 is 2.16 bits per heavy atom. The van der Waals surface area contributed by atoms with Crippen molar-refractivity contribution in [3.8, 4) is 0 Å². The number of aliphatic hydroxyl groups excluding tert-OH is 4. The lowest BCUT2D eigenvalue weighted by Gasteiger charge is -2.31. The fourth-order valence-corrected chi connectivity index (χ4v) is 5.43. The van der Waals surface area contributed by atoms with E-state index in [1.54, 1.807) is 94.1 Å². The van der Waals surface area contributed by atoms with Crippen molar-refractivity contribution in [3.05, 3.63) is 121 Å². The van der Waals surface area contributed by atoms with Gasteiger partial charge in [0.1, 0.15) is 18.1 Å². The molecular weight excluding hydrogens is 634 g/mol. The molecule has 10 unspecified atom stereocenters. The minimum Gasteiger partial charge on any atom is -0.458 e. The van der Waals surface area contributed by atoms with E-state index in [4.69, 9.17) is 13.9 Å². The average molecular weight is 692 g/mol. The summed E-state index contributed by atoms with van der Waals surface area (Å²) in [5.41, 5.74) is 1.60. The number of nitrogens with zero attached hydrogens (tertiary/aromatic N) is 1. The number of cyclic esters (lactones) is 1. The van der Waals surface area contributed by atoms with E-state index in [1.165, 1.54) is 6.08 Å². The lowest BCUT2D eigenvalue weighted by molar-refractivity contribution is -0.150. The van der Waals surface area contributed by atoms with E-state index in [0.717, 1.165) is 5.57 Å². The Balaban J connectivity index is 2.33. The highest BCUT2D eigenvalue weighted by molar-refractivity contribution is 5.82. The van der Waals surface area contributed by atoms with Gasteiger partial charge < -0.3 is 34.3 Å². The number of allylic oxidation sites excluding steroid dienone is 12. The summed E-state index contributed by atoms with van der Waals surface area (Å²) in [6.45, 7) is 11.1. The second-order valence-corrected chi connectivity index (χ2v) is 13.0. The Labute approximate surface area is 298 Å². The standard InChI is InChI=1S/C41H57NO8/c1-28-18-12-8-11-15-23-39(47)50-40(32(5)37(46)25-31(4)43)29(2)19-13-9-10-14-21-35(44)26-38(48-7)33(6)41-42-34(27-49-41)20-16-17-22-36(45)30(3)24-28/h8-24,27,29-33,35-38,40,43-46H,25-26H2,1-7H3/b10-9-,11-8-,18-12-,19-13-,20-16-,21-14-,22-17-,23-15-,28-24-. The number of hydrogen-bond donors (Lipinski definition) is 4. The molecule has 1 aromatic heterocycles. The Morgan fingerprint density at radius 1 is 0.860 bits per heavy atom. The number of aromatic nitrogens is 1. The van der Waals surface area contributed by atoms with E-state index in [-0.39, 0.29) is 30.3 Å². The summed E-state index contributed by atoms with van der Waals surface area (Å²) < 4.78 is 17.2. The van der Waals surface area contributed by atoms with Gasteiger partial charge in [-0.05, 0) is 26.3 Å². The van der Waals surface area contributed by atoms with Gasteiger partial charge in [0, 0.05) is 37.4 Å². The molecule has 2 heterocycles. The second-order valence-electron chi connectivity index (χ2n) is 13.0. The van der Waals surface area contributed by atoms with E-state index < -0.39 is 42.4 Å². The molecule has 0 saturated heterocycles. The summed E-state index contributed by atoms with van der Waals surface area (Å²) >= 11 is 0. The number of carbonyl (C=O) groups is 1. The number of fused-ring (bicyclic) bond motifs is 2. The quantitative estimate of drug-likeness (QED) is 0.248. The van der Waals surface area contributed by atoms with Crippen LogP contribution in [0.25, 0.3) is 6.08 Å². The number of rotatable bonds is 5. The number of ether oxygens (including phenoxy) is 2. The molecule has 0 aromatic carbocycles. The van der Waals surface area contributed by atoms with Crippen molar-refractivity contribution in [2.24, 2.45) is 17.8 Å². The Hall–Kier alpha value is -3.86. The largest absolute Gasteiger partial charge is 0.458 e. The van der Waals surface area contributed by atoms with Gasteiger partial charge in [-0.25, -0.2) is 9.78 Å². The third kappa shape index (κ3) is 15.8. The first-order valence-corrected chi connectivity index (χ1v) is 17.3. The van der Waals surface area contributed by atoms with Crippen molar-refractivity contribution in [1.29, 1.82) is 0 Å². The zero-order valence-electron chi connectivity index (χ0n) is 30.4. The summed E-state index contributed by atoms with van der Waals surface area (Å²) in [6, 6.07) is 0. The molecule has 2 bridgehead atoms. The van der Waals surface area contributed by atoms with Crippen LogP contribution in [0.3, 0.4) is 0 Å². The molecule has 0 amide bonds. The molecule has 0 fully saturated rings. The molecule has 4 N–H and O–H groups in total. The van der Waals surface area contributed by atoms with Crippen LogP contribution in [-0.4, -0.2) is 75.1 Å². The number of methoxy groups -OCH3 is 1. The zero-order valence-corrected chi connectivity index (χ0v) is 30.4. The van der Waals surface area contributed by atoms with Crippen molar-refractivity contribution in [1.82, 2.24) is 4.98 Å². The highest BCUT2D eigenvalue weighted by Gasteiger charge is 2.31. The maximum Gasteiger partial charge on any atom is 0.331 e. The van der Waals surface area contributed by atoms with Crippen LogP contribution in [0.15, 0.2) is 113 Å². The topological polar surface area (TPSA) is 142 Å². The molecule has 50 heavy (non-hydrogen) atoms. The van der Waals surface area contributed by atoms with Crippen LogP contribution in [0.2, 0.25) is 0 Å². The van der Waals surface area contributed by atoms with Gasteiger partial charge in [-0.1, -0.05) is 124 Å². The zero-order chi connectivity index (χ0) is 37.1. The molecule has 1 aliphatic rings. The van der Waals surface area contributed by atoms with Gasteiger partial charge in [-0.15, -0.1) is 0 Å². The van der Waals surface area contributed by atoms with E-state index in [2.05, 4.69) is 4.98 Å². The molecule has 1 aromatic rings. The predicted octanol–water partition coefficient (Wildman–Crippen LogP) is 6.72.